The molecule has 0 atom stereocenters. The van der Waals surface area contributed by atoms with Gasteiger partial charge in [-0.25, -0.2) is 5.01 Å². The number of aromatic nitrogens is 3. The molecule has 1 aliphatic rings. The molecular formula is C15H19N7O2S. The number of nitrogen functional groups attached to an aromatic ring is 1. The van der Waals surface area contributed by atoms with Gasteiger partial charge in [0.25, 0.3) is 0 Å². The van der Waals surface area contributed by atoms with Crippen LogP contribution in [0.25, 0.3) is 0 Å². The maximum absolute atomic E-state index is 9.47. The lowest BCUT2D eigenvalue weighted by atomic mass is 10.2. The molecule has 0 unspecified atom stereocenters. The molecule has 1 aromatic carbocycles. The Kier molecular flexibility index (Phi) is 5.10. The third kappa shape index (κ3) is 4.03. The molecular weight excluding hydrogens is 342 g/mol. The van der Waals surface area contributed by atoms with E-state index in [4.69, 9.17) is 22.7 Å². The smallest absolute Gasteiger partial charge is 0.247 e. The van der Waals surface area contributed by atoms with Crippen molar-refractivity contribution >= 4 is 35.4 Å². The van der Waals surface area contributed by atoms with Crippen LogP contribution in [0.15, 0.2) is 29.4 Å². The van der Waals surface area contributed by atoms with E-state index in [0.29, 0.717) is 37.4 Å². The van der Waals surface area contributed by atoms with Crippen molar-refractivity contribution in [3.05, 3.63) is 29.8 Å². The van der Waals surface area contributed by atoms with Crippen molar-refractivity contribution in [2.24, 2.45) is 5.10 Å². The Balaban J connectivity index is 1.72. The van der Waals surface area contributed by atoms with Crippen LogP contribution < -0.4 is 10.6 Å². The number of phenolic OH excluding ortho intramolecular Hbond substituents is 1. The average molecular weight is 361 g/mol. The molecule has 0 aliphatic carbocycles. The molecule has 0 amide bonds. The van der Waals surface area contributed by atoms with Crippen LogP contribution in [0.1, 0.15) is 5.56 Å². The highest BCUT2D eigenvalue weighted by Gasteiger charge is 2.20. The van der Waals surface area contributed by atoms with E-state index in [1.54, 1.807) is 31.5 Å². The summed E-state index contributed by atoms with van der Waals surface area (Å²) < 4.78 is 6.70. The van der Waals surface area contributed by atoms with Gasteiger partial charge in [-0.05, 0) is 29.9 Å². The number of anilines is 2. The standard InChI is InChI=1S/C15H19N7O2S/c1-20(17-10-11-3-2-4-12(23)9-11)15(25)22-13(16)18-14(19-22)21-5-7-24-8-6-21/h2-4,9-10,23H,5-8H2,1H3,(H2,16,18,19)/b17-10+. The van der Waals surface area contributed by atoms with Crippen LogP contribution in [0.5, 0.6) is 5.75 Å². The number of aromatic hydroxyl groups is 1. The van der Waals surface area contributed by atoms with Crippen LogP contribution in [0.3, 0.4) is 0 Å². The van der Waals surface area contributed by atoms with Gasteiger partial charge in [0.05, 0.1) is 19.4 Å². The molecule has 3 rings (SSSR count). The summed E-state index contributed by atoms with van der Waals surface area (Å²) in [5, 5.41) is 19.9. The minimum Gasteiger partial charge on any atom is -0.508 e. The Hall–Kier alpha value is -2.72. The number of thiocarbonyl (C=S) groups is 1. The predicted octanol–water partition coefficient (Wildman–Crippen LogP) is 0.501. The molecule has 2 aromatic rings. The quantitative estimate of drug-likeness (QED) is 0.463. The molecule has 0 radical (unpaired) electrons. The van der Waals surface area contributed by atoms with E-state index in [1.165, 1.54) is 9.69 Å². The van der Waals surface area contributed by atoms with E-state index in [-0.39, 0.29) is 11.7 Å². The number of nitrogens with two attached hydrogens (primary N) is 1. The summed E-state index contributed by atoms with van der Waals surface area (Å²) in [4.78, 5) is 6.26. The van der Waals surface area contributed by atoms with Crippen LogP contribution >= 0.6 is 12.2 Å². The Morgan fingerprint density at radius 3 is 2.92 bits per heavy atom. The van der Waals surface area contributed by atoms with Crippen molar-refractivity contribution in [3.63, 3.8) is 0 Å². The summed E-state index contributed by atoms with van der Waals surface area (Å²) in [6.45, 7) is 2.68. The number of hydrazone groups is 1. The van der Waals surface area contributed by atoms with E-state index < -0.39 is 0 Å². The Labute approximate surface area is 150 Å². The lowest BCUT2D eigenvalue weighted by Crippen LogP contribution is -2.37. The Bertz CT molecular complexity index is 786. The molecule has 1 fully saturated rings. The van der Waals surface area contributed by atoms with Crippen LogP contribution in [0.4, 0.5) is 11.9 Å². The average Bonchev–Trinajstić information content (AvgIpc) is 3.01. The third-order valence-corrected chi connectivity index (χ3v) is 4.06. The summed E-state index contributed by atoms with van der Waals surface area (Å²) in [5.74, 6) is 0.893. The number of morpholine rings is 1. The molecule has 1 aliphatic heterocycles. The number of benzene rings is 1. The van der Waals surface area contributed by atoms with Crippen LogP contribution in [-0.2, 0) is 4.74 Å². The minimum absolute atomic E-state index is 0.171. The predicted molar refractivity (Wildman–Crippen MR) is 98.9 cm³/mol. The lowest BCUT2D eigenvalue weighted by molar-refractivity contribution is 0.122. The first-order valence-corrected chi connectivity index (χ1v) is 8.12. The highest BCUT2D eigenvalue weighted by molar-refractivity contribution is 7.80. The first-order chi connectivity index (χ1) is 12.0. The van der Waals surface area contributed by atoms with Crippen molar-refractivity contribution in [2.75, 3.05) is 44.0 Å². The summed E-state index contributed by atoms with van der Waals surface area (Å²) in [7, 11) is 1.69. The molecule has 25 heavy (non-hydrogen) atoms. The summed E-state index contributed by atoms with van der Waals surface area (Å²) in [6, 6.07) is 6.75. The van der Waals surface area contributed by atoms with Crippen molar-refractivity contribution in [1.82, 2.24) is 19.8 Å². The van der Waals surface area contributed by atoms with Crippen LogP contribution in [-0.4, -0.2) is 69.6 Å². The van der Waals surface area contributed by atoms with Crippen molar-refractivity contribution in [3.8, 4) is 5.75 Å². The van der Waals surface area contributed by atoms with Gasteiger partial charge in [0.15, 0.2) is 0 Å². The van der Waals surface area contributed by atoms with Gasteiger partial charge < -0.3 is 20.5 Å². The number of ether oxygens (including phenoxy) is 1. The minimum atomic E-state index is 0.171. The fourth-order valence-corrected chi connectivity index (χ4v) is 2.48. The van der Waals surface area contributed by atoms with Gasteiger partial charge in [-0.3, -0.25) is 0 Å². The number of rotatable bonds is 3. The maximum Gasteiger partial charge on any atom is 0.247 e. The van der Waals surface area contributed by atoms with Gasteiger partial charge >= 0.3 is 0 Å². The topological polar surface area (TPSA) is 105 Å². The third-order valence-electron chi connectivity index (χ3n) is 3.62. The molecule has 10 heteroatoms. The maximum atomic E-state index is 9.47. The molecule has 1 saturated heterocycles. The van der Waals surface area contributed by atoms with E-state index in [0.717, 1.165) is 5.56 Å². The summed E-state index contributed by atoms with van der Waals surface area (Å²) >= 11 is 5.39. The zero-order valence-electron chi connectivity index (χ0n) is 13.7. The fraction of sp³-hybridized carbons (Fsp3) is 0.333. The van der Waals surface area contributed by atoms with E-state index in [9.17, 15) is 5.11 Å². The summed E-state index contributed by atoms with van der Waals surface area (Å²) in [6.07, 6.45) is 1.59. The molecule has 132 valence electrons. The van der Waals surface area contributed by atoms with Gasteiger partial charge in [0.1, 0.15) is 5.75 Å². The highest BCUT2D eigenvalue weighted by atomic mass is 32.1. The second-order valence-corrected chi connectivity index (χ2v) is 5.79. The molecule has 0 spiro atoms. The van der Waals surface area contributed by atoms with Crippen LogP contribution in [0.2, 0.25) is 0 Å². The summed E-state index contributed by atoms with van der Waals surface area (Å²) in [5.41, 5.74) is 6.69. The number of phenols is 1. The SMILES string of the molecule is CN(/N=C/c1cccc(O)c1)C(=S)n1nc(N2CCOCC2)nc1N. The second kappa shape index (κ2) is 7.45. The Morgan fingerprint density at radius 1 is 1.44 bits per heavy atom. The first kappa shape index (κ1) is 17.1. The number of hydrogen-bond acceptors (Lipinski definition) is 8. The fourth-order valence-electron chi connectivity index (χ4n) is 2.30. The van der Waals surface area contributed by atoms with Crippen molar-refractivity contribution in [1.29, 1.82) is 0 Å². The van der Waals surface area contributed by atoms with Crippen molar-refractivity contribution < 1.29 is 9.84 Å². The Morgan fingerprint density at radius 2 is 2.20 bits per heavy atom. The highest BCUT2D eigenvalue weighted by Crippen LogP contribution is 2.14. The van der Waals surface area contributed by atoms with Gasteiger partial charge in [0.2, 0.25) is 17.0 Å². The molecule has 1 aromatic heterocycles. The van der Waals surface area contributed by atoms with E-state index >= 15 is 0 Å². The zero-order chi connectivity index (χ0) is 17.8. The molecule has 0 bridgehead atoms. The second-order valence-electron chi connectivity index (χ2n) is 5.43. The lowest BCUT2D eigenvalue weighted by Gasteiger charge is -2.25. The molecule has 9 nitrogen and oxygen atoms in total. The van der Waals surface area contributed by atoms with Crippen molar-refractivity contribution in [2.45, 2.75) is 0 Å². The van der Waals surface area contributed by atoms with E-state index in [1.807, 2.05) is 11.0 Å². The van der Waals surface area contributed by atoms with Gasteiger partial charge in [-0.15, -0.1) is 5.10 Å². The zero-order valence-corrected chi connectivity index (χ0v) is 14.6. The molecule has 2 heterocycles. The van der Waals surface area contributed by atoms with Gasteiger partial charge in [-0.2, -0.15) is 14.8 Å². The molecule has 0 saturated carbocycles. The largest absolute Gasteiger partial charge is 0.508 e. The number of hydrogen-bond donors (Lipinski definition) is 2. The normalized spacial score (nSPS) is 14.8. The van der Waals surface area contributed by atoms with Crippen LogP contribution in [0, 0.1) is 0 Å². The van der Waals surface area contributed by atoms with Gasteiger partial charge in [0, 0.05) is 20.1 Å². The van der Waals surface area contributed by atoms with Gasteiger partial charge in [-0.1, -0.05) is 12.1 Å². The van der Waals surface area contributed by atoms with E-state index in [2.05, 4.69) is 15.2 Å². The monoisotopic (exact) mass is 361 g/mol. The molecule has 3 N–H and O–H groups in total. The first-order valence-electron chi connectivity index (χ1n) is 7.71. The number of nitrogens with zero attached hydrogens (tertiary/aromatic N) is 6.